The molecule has 1 rings (SSSR count). The maximum atomic E-state index is 9.37. The van der Waals surface area contributed by atoms with Gasteiger partial charge in [0.25, 0.3) is 0 Å². The highest BCUT2D eigenvalue weighted by atomic mass is 16.5. The van der Waals surface area contributed by atoms with Crippen molar-refractivity contribution in [2.24, 2.45) is 0 Å². The Hall–Kier alpha value is -1.02. The fourth-order valence-corrected chi connectivity index (χ4v) is 1.27. The van der Waals surface area contributed by atoms with Crippen molar-refractivity contribution in [3.8, 4) is 5.75 Å². The van der Waals surface area contributed by atoms with E-state index in [4.69, 9.17) is 4.74 Å². The molecule has 0 saturated carbocycles. The smallest absolute Gasteiger partial charge is 0.119 e. The Labute approximate surface area is 91.9 Å². The van der Waals surface area contributed by atoms with Gasteiger partial charge in [0.15, 0.2) is 0 Å². The molecule has 0 aliphatic rings. The molecule has 84 valence electrons. The van der Waals surface area contributed by atoms with Crippen LogP contribution in [0.25, 0.3) is 0 Å². The van der Waals surface area contributed by atoms with Crippen molar-refractivity contribution >= 4 is 0 Å². The van der Waals surface area contributed by atoms with Gasteiger partial charge in [-0.25, -0.2) is 0 Å². The zero-order valence-electron chi connectivity index (χ0n) is 9.73. The molecule has 0 spiro atoms. The summed E-state index contributed by atoms with van der Waals surface area (Å²) in [6.07, 6.45) is 0.358. The van der Waals surface area contributed by atoms with Crippen LogP contribution in [0, 0.1) is 0 Å². The summed E-state index contributed by atoms with van der Waals surface area (Å²) >= 11 is 0. The molecule has 1 atom stereocenters. The minimum absolute atomic E-state index is 0.368. The van der Waals surface area contributed by atoms with Crippen molar-refractivity contribution in [3.63, 3.8) is 0 Å². The van der Waals surface area contributed by atoms with E-state index in [0.717, 1.165) is 12.2 Å². The molecular weight excluding hydrogens is 188 g/mol. The minimum Gasteiger partial charge on any atom is -0.491 e. The molecule has 2 nitrogen and oxygen atoms in total. The maximum Gasteiger partial charge on any atom is 0.119 e. The average molecular weight is 208 g/mol. The van der Waals surface area contributed by atoms with Crippen molar-refractivity contribution in [1.29, 1.82) is 0 Å². The van der Waals surface area contributed by atoms with Crippen LogP contribution in [0.2, 0.25) is 0 Å². The van der Waals surface area contributed by atoms with Crippen LogP contribution in [0.5, 0.6) is 5.75 Å². The Morgan fingerprint density at radius 2 is 2.07 bits per heavy atom. The Morgan fingerprint density at radius 3 is 2.67 bits per heavy atom. The molecule has 0 amide bonds. The predicted molar refractivity (Wildman–Crippen MR) is 62.3 cm³/mol. The Morgan fingerprint density at radius 1 is 1.33 bits per heavy atom. The molecule has 2 heteroatoms. The van der Waals surface area contributed by atoms with Crippen LogP contribution in [-0.2, 0) is 0 Å². The highest BCUT2D eigenvalue weighted by Crippen LogP contribution is 2.20. The van der Waals surface area contributed by atoms with Crippen LogP contribution in [0.1, 0.15) is 38.7 Å². The molecule has 0 fully saturated rings. The van der Waals surface area contributed by atoms with Gasteiger partial charge < -0.3 is 9.84 Å². The Kier molecular flexibility index (Phi) is 4.63. The molecule has 0 aliphatic heterocycles. The second kappa shape index (κ2) is 5.76. The van der Waals surface area contributed by atoms with E-state index in [2.05, 4.69) is 19.9 Å². The van der Waals surface area contributed by atoms with E-state index in [9.17, 15) is 5.11 Å². The summed E-state index contributed by atoms with van der Waals surface area (Å²) in [6, 6.07) is 8.04. The van der Waals surface area contributed by atoms with Crippen molar-refractivity contribution in [1.82, 2.24) is 0 Å². The summed E-state index contributed by atoms with van der Waals surface area (Å²) in [5.74, 6) is 1.35. The van der Waals surface area contributed by atoms with Gasteiger partial charge in [-0.15, -0.1) is 0 Å². The average Bonchev–Trinajstić information content (AvgIpc) is 2.26. The molecule has 0 saturated heterocycles. The maximum absolute atomic E-state index is 9.37. The normalized spacial score (nSPS) is 12.9. The van der Waals surface area contributed by atoms with E-state index in [1.807, 2.05) is 25.1 Å². The van der Waals surface area contributed by atoms with E-state index >= 15 is 0 Å². The number of rotatable bonds is 5. The van der Waals surface area contributed by atoms with Gasteiger partial charge in [-0.1, -0.05) is 32.9 Å². The van der Waals surface area contributed by atoms with Gasteiger partial charge in [0, 0.05) is 0 Å². The standard InChI is InChI=1S/C13H20O2/c1-4-12(14)9-15-13-7-5-6-11(8-13)10(2)3/h5-8,10,12,14H,4,9H2,1-3H3. The van der Waals surface area contributed by atoms with Gasteiger partial charge in [-0.05, 0) is 30.0 Å². The van der Waals surface area contributed by atoms with E-state index in [-0.39, 0.29) is 6.10 Å². The zero-order chi connectivity index (χ0) is 11.3. The van der Waals surface area contributed by atoms with Crippen LogP contribution >= 0.6 is 0 Å². The molecule has 1 unspecified atom stereocenters. The van der Waals surface area contributed by atoms with Crippen molar-refractivity contribution in [3.05, 3.63) is 29.8 Å². The van der Waals surface area contributed by atoms with E-state index in [0.29, 0.717) is 12.5 Å². The van der Waals surface area contributed by atoms with Gasteiger partial charge in [0.1, 0.15) is 12.4 Å². The lowest BCUT2D eigenvalue weighted by molar-refractivity contribution is 0.104. The summed E-state index contributed by atoms with van der Waals surface area (Å²) in [6.45, 7) is 6.62. The first-order chi connectivity index (χ1) is 7.13. The van der Waals surface area contributed by atoms with E-state index < -0.39 is 0 Å². The quantitative estimate of drug-likeness (QED) is 0.806. The fraction of sp³-hybridized carbons (Fsp3) is 0.538. The molecule has 0 radical (unpaired) electrons. The van der Waals surface area contributed by atoms with Crippen molar-refractivity contribution < 1.29 is 9.84 Å². The van der Waals surface area contributed by atoms with E-state index in [1.165, 1.54) is 5.56 Å². The summed E-state index contributed by atoms with van der Waals surface area (Å²) in [4.78, 5) is 0. The lowest BCUT2D eigenvalue weighted by Crippen LogP contribution is -2.16. The molecule has 15 heavy (non-hydrogen) atoms. The summed E-state index contributed by atoms with van der Waals surface area (Å²) in [5, 5.41) is 9.37. The third kappa shape index (κ3) is 3.92. The molecule has 0 aromatic heterocycles. The molecular formula is C13H20O2. The predicted octanol–water partition coefficient (Wildman–Crippen LogP) is 2.96. The first-order valence-electron chi connectivity index (χ1n) is 5.54. The van der Waals surface area contributed by atoms with Gasteiger partial charge in [-0.3, -0.25) is 0 Å². The zero-order valence-corrected chi connectivity index (χ0v) is 9.73. The van der Waals surface area contributed by atoms with Crippen LogP contribution in [0.15, 0.2) is 24.3 Å². The number of hydrogen-bond acceptors (Lipinski definition) is 2. The van der Waals surface area contributed by atoms with Crippen LogP contribution in [0.3, 0.4) is 0 Å². The second-order valence-electron chi connectivity index (χ2n) is 4.10. The van der Waals surface area contributed by atoms with Crippen molar-refractivity contribution in [2.45, 2.75) is 39.2 Å². The second-order valence-corrected chi connectivity index (χ2v) is 4.10. The highest BCUT2D eigenvalue weighted by molar-refractivity contribution is 5.30. The van der Waals surface area contributed by atoms with Gasteiger partial charge in [0.05, 0.1) is 6.10 Å². The molecule has 0 bridgehead atoms. The fourth-order valence-electron chi connectivity index (χ4n) is 1.27. The van der Waals surface area contributed by atoms with Crippen molar-refractivity contribution in [2.75, 3.05) is 6.61 Å². The van der Waals surface area contributed by atoms with Crippen LogP contribution < -0.4 is 4.74 Å². The topological polar surface area (TPSA) is 29.5 Å². The van der Waals surface area contributed by atoms with Gasteiger partial charge >= 0.3 is 0 Å². The van der Waals surface area contributed by atoms with E-state index in [1.54, 1.807) is 0 Å². The molecule has 0 heterocycles. The monoisotopic (exact) mass is 208 g/mol. The number of benzene rings is 1. The van der Waals surface area contributed by atoms with Gasteiger partial charge in [0.2, 0.25) is 0 Å². The SMILES string of the molecule is CCC(O)COc1cccc(C(C)C)c1. The number of ether oxygens (including phenoxy) is 1. The molecule has 1 aromatic rings. The van der Waals surface area contributed by atoms with Crippen LogP contribution in [-0.4, -0.2) is 17.8 Å². The summed E-state index contributed by atoms with van der Waals surface area (Å²) < 4.78 is 5.50. The molecule has 1 aromatic carbocycles. The molecule has 1 N–H and O–H groups in total. The summed E-state index contributed by atoms with van der Waals surface area (Å²) in [5.41, 5.74) is 1.26. The largest absolute Gasteiger partial charge is 0.491 e. The first kappa shape index (κ1) is 12.1. The van der Waals surface area contributed by atoms with Crippen LogP contribution in [0.4, 0.5) is 0 Å². The Bertz CT molecular complexity index is 294. The van der Waals surface area contributed by atoms with Gasteiger partial charge in [-0.2, -0.15) is 0 Å². The number of hydrogen-bond donors (Lipinski definition) is 1. The first-order valence-corrected chi connectivity index (χ1v) is 5.54. The number of aliphatic hydroxyl groups is 1. The lowest BCUT2D eigenvalue weighted by Gasteiger charge is -2.12. The third-order valence-corrected chi connectivity index (χ3v) is 2.44. The summed E-state index contributed by atoms with van der Waals surface area (Å²) in [7, 11) is 0. The third-order valence-electron chi connectivity index (χ3n) is 2.44. The highest BCUT2D eigenvalue weighted by Gasteiger charge is 2.03. The minimum atomic E-state index is -0.368. The molecule has 0 aliphatic carbocycles. The Balaban J connectivity index is 2.58. The number of aliphatic hydroxyl groups excluding tert-OH is 1. The lowest BCUT2D eigenvalue weighted by atomic mass is 10.0.